The van der Waals surface area contributed by atoms with Crippen LogP contribution in [0, 0.1) is 23.4 Å². The van der Waals surface area contributed by atoms with Crippen molar-refractivity contribution in [3.63, 3.8) is 0 Å². The molecule has 1 aliphatic rings. The minimum atomic E-state index is -0.847. The SMILES string of the molecule is C=CCCc1ccc(-c2ccc(-c3ccc(C4CCC(CCCCC)CC4)cc3F)cc2)c(F)c1F. The maximum absolute atomic E-state index is 15.1. The molecule has 0 aliphatic heterocycles. The Morgan fingerprint density at radius 2 is 1.47 bits per heavy atom. The molecule has 1 fully saturated rings. The lowest BCUT2D eigenvalue weighted by atomic mass is 9.77. The van der Waals surface area contributed by atoms with Crippen LogP contribution in [0.15, 0.2) is 67.3 Å². The van der Waals surface area contributed by atoms with Gasteiger partial charge in [0.25, 0.3) is 0 Å². The summed E-state index contributed by atoms with van der Waals surface area (Å²) in [6, 6.07) is 15.9. The number of benzene rings is 3. The van der Waals surface area contributed by atoms with Gasteiger partial charge in [0.1, 0.15) is 5.82 Å². The zero-order chi connectivity index (χ0) is 25.5. The Hall–Kier alpha value is -2.81. The number of hydrogen-bond acceptors (Lipinski definition) is 0. The van der Waals surface area contributed by atoms with E-state index < -0.39 is 11.6 Å². The van der Waals surface area contributed by atoms with Gasteiger partial charge in [0.05, 0.1) is 0 Å². The molecule has 4 rings (SSSR count). The van der Waals surface area contributed by atoms with E-state index in [2.05, 4.69) is 19.6 Å². The van der Waals surface area contributed by atoms with Crippen LogP contribution in [0.1, 0.15) is 81.8 Å². The third kappa shape index (κ3) is 6.11. The fourth-order valence-electron chi connectivity index (χ4n) is 5.58. The summed E-state index contributed by atoms with van der Waals surface area (Å²) in [5.74, 6) is -0.619. The van der Waals surface area contributed by atoms with E-state index in [1.165, 1.54) is 38.5 Å². The average molecular weight is 491 g/mol. The zero-order valence-electron chi connectivity index (χ0n) is 21.3. The summed E-state index contributed by atoms with van der Waals surface area (Å²) >= 11 is 0. The number of allylic oxidation sites excluding steroid dienone is 1. The highest BCUT2D eigenvalue weighted by atomic mass is 19.2. The Kier molecular flexibility index (Phi) is 9.07. The van der Waals surface area contributed by atoms with Crippen LogP contribution in [0.3, 0.4) is 0 Å². The summed E-state index contributed by atoms with van der Waals surface area (Å²) in [6.45, 7) is 5.88. The zero-order valence-corrected chi connectivity index (χ0v) is 21.3. The second-order valence-electron chi connectivity index (χ2n) is 10.3. The van der Waals surface area contributed by atoms with E-state index in [1.54, 1.807) is 48.5 Å². The second-order valence-corrected chi connectivity index (χ2v) is 10.3. The van der Waals surface area contributed by atoms with Crippen molar-refractivity contribution in [3.05, 3.63) is 95.8 Å². The van der Waals surface area contributed by atoms with Gasteiger partial charge in [0.15, 0.2) is 11.6 Å². The van der Waals surface area contributed by atoms with Crippen LogP contribution in [0.25, 0.3) is 22.3 Å². The van der Waals surface area contributed by atoms with E-state index in [9.17, 15) is 8.78 Å². The molecule has 0 atom stereocenters. The van der Waals surface area contributed by atoms with Crippen LogP contribution in [0.5, 0.6) is 0 Å². The van der Waals surface area contributed by atoms with Crippen LogP contribution < -0.4 is 0 Å². The predicted octanol–water partition coefficient (Wildman–Crippen LogP) is 10.4. The first kappa shape index (κ1) is 26.3. The molecule has 3 heteroatoms. The van der Waals surface area contributed by atoms with E-state index in [0.717, 1.165) is 29.9 Å². The quantitative estimate of drug-likeness (QED) is 0.196. The lowest BCUT2D eigenvalue weighted by Crippen LogP contribution is -2.13. The molecule has 1 aliphatic carbocycles. The van der Waals surface area contributed by atoms with Crippen LogP contribution in [-0.4, -0.2) is 0 Å². The maximum atomic E-state index is 15.1. The molecule has 0 spiro atoms. The fraction of sp³-hybridized carbons (Fsp3) is 0.394. The molecule has 0 heterocycles. The predicted molar refractivity (Wildman–Crippen MR) is 145 cm³/mol. The summed E-state index contributed by atoms with van der Waals surface area (Å²) < 4.78 is 44.4. The topological polar surface area (TPSA) is 0 Å². The van der Waals surface area contributed by atoms with Gasteiger partial charge < -0.3 is 0 Å². The lowest BCUT2D eigenvalue weighted by molar-refractivity contribution is 0.302. The van der Waals surface area contributed by atoms with Crippen molar-refractivity contribution in [2.24, 2.45) is 5.92 Å². The average Bonchev–Trinajstić information content (AvgIpc) is 2.90. The molecule has 0 bridgehead atoms. The van der Waals surface area contributed by atoms with Gasteiger partial charge in [0, 0.05) is 11.1 Å². The van der Waals surface area contributed by atoms with Crippen LogP contribution in [0.4, 0.5) is 13.2 Å². The molecular formula is C33H37F3. The van der Waals surface area contributed by atoms with Gasteiger partial charge in [-0.1, -0.05) is 87.2 Å². The van der Waals surface area contributed by atoms with E-state index in [4.69, 9.17) is 0 Å². The number of hydrogen-bond donors (Lipinski definition) is 0. The highest BCUT2D eigenvalue weighted by molar-refractivity contribution is 5.71. The minimum absolute atomic E-state index is 0.211. The van der Waals surface area contributed by atoms with Crippen molar-refractivity contribution in [2.45, 2.75) is 77.0 Å². The van der Waals surface area contributed by atoms with Crippen LogP contribution in [-0.2, 0) is 6.42 Å². The van der Waals surface area contributed by atoms with E-state index in [0.29, 0.717) is 35.4 Å². The third-order valence-electron chi connectivity index (χ3n) is 7.81. The van der Waals surface area contributed by atoms with Gasteiger partial charge in [0.2, 0.25) is 0 Å². The highest BCUT2D eigenvalue weighted by Gasteiger charge is 2.23. The van der Waals surface area contributed by atoms with Crippen molar-refractivity contribution in [1.29, 1.82) is 0 Å². The van der Waals surface area contributed by atoms with Crippen molar-refractivity contribution >= 4 is 0 Å². The molecular weight excluding hydrogens is 453 g/mol. The fourth-order valence-corrected chi connectivity index (χ4v) is 5.58. The van der Waals surface area contributed by atoms with Crippen molar-refractivity contribution in [2.75, 3.05) is 0 Å². The summed E-state index contributed by atoms with van der Waals surface area (Å²) in [7, 11) is 0. The summed E-state index contributed by atoms with van der Waals surface area (Å²) in [6.07, 6.45) is 12.7. The van der Waals surface area contributed by atoms with E-state index in [1.807, 2.05) is 6.07 Å². The van der Waals surface area contributed by atoms with E-state index in [-0.39, 0.29) is 11.4 Å². The number of rotatable bonds is 10. The number of halogens is 3. The molecule has 0 amide bonds. The molecule has 0 N–H and O–H groups in total. The van der Waals surface area contributed by atoms with Crippen molar-refractivity contribution < 1.29 is 13.2 Å². The minimum Gasteiger partial charge on any atom is -0.206 e. The Morgan fingerprint density at radius 1 is 0.806 bits per heavy atom. The molecule has 190 valence electrons. The summed E-state index contributed by atoms with van der Waals surface area (Å²) in [4.78, 5) is 0. The molecule has 3 aromatic rings. The molecule has 0 aromatic heterocycles. The normalized spacial score (nSPS) is 17.8. The van der Waals surface area contributed by atoms with Gasteiger partial charge in [-0.3, -0.25) is 0 Å². The van der Waals surface area contributed by atoms with Crippen LogP contribution in [0.2, 0.25) is 0 Å². The first-order valence-electron chi connectivity index (χ1n) is 13.5. The monoisotopic (exact) mass is 490 g/mol. The first-order chi connectivity index (χ1) is 17.5. The van der Waals surface area contributed by atoms with Gasteiger partial charge in [-0.2, -0.15) is 0 Å². The van der Waals surface area contributed by atoms with Crippen molar-refractivity contribution in [1.82, 2.24) is 0 Å². The Morgan fingerprint density at radius 3 is 2.11 bits per heavy atom. The molecule has 36 heavy (non-hydrogen) atoms. The summed E-state index contributed by atoms with van der Waals surface area (Å²) in [5.41, 5.74) is 3.48. The van der Waals surface area contributed by atoms with Gasteiger partial charge in [-0.25, -0.2) is 13.2 Å². The molecule has 0 nitrogen and oxygen atoms in total. The Balaban J connectivity index is 1.44. The molecule has 0 radical (unpaired) electrons. The molecule has 0 saturated heterocycles. The third-order valence-corrected chi connectivity index (χ3v) is 7.81. The molecule has 3 aromatic carbocycles. The van der Waals surface area contributed by atoms with Crippen LogP contribution >= 0.6 is 0 Å². The van der Waals surface area contributed by atoms with Gasteiger partial charge in [-0.15, -0.1) is 6.58 Å². The van der Waals surface area contributed by atoms with Crippen molar-refractivity contribution in [3.8, 4) is 22.3 Å². The van der Waals surface area contributed by atoms with Gasteiger partial charge in [-0.05, 0) is 78.7 Å². The number of aryl methyl sites for hydroxylation is 1. The molecule has 0 unspecified atom stereocenters. The first-order valence-corrected chi connectivity index (χ1v) is 13.5. The smallest absolute Gasteiger partial charge is 0.166 e. The standard InChI is InChI=1S/C33H37F3/c1-3-5-7-8-23-10-12-24(13-11-23)28-19-20-29(31(34)22-28)25-14-16-26(17-15-25)30-21-18-27(9-6-4-2)32(35)33(30)36/h4,14-24H,2-3,5-13H2,1H3. The lowest BCUT2D eigenvalue weighted by Gasteiger charge is -2.29. The Labute approximate surface area is 214 Å². The molecule has 1 saturated carbocycles. The summed E-state index contributed by atoms with van der Waals surface area (Å²) in [5, 5.41) is 0. The highest BCUT2D eigenvalue weighted by Crippen LogP contribution is 2.39. The second kappa shape index (κ2) is 12.4. The largest absolute Gasteiger partial charge is 0.206 e. The van der Waals surface area contributed by atoms with Gasteiger partial charge >= 0.3 is 0 Å². The number of unbranched alkanes of at least 4 members (excludes halogenated alkanes) is 2. The Bertz CT molecular complexity index is 1150. The maximum Gasteiger partial charge on any atom is 0.166 e. The van der Waals surface area contributed by atoms with E-state index >= 15 is 4.39 Å².